The third-order valence-corrected chi connectivity index (χ3v) is 4.34. The van der Waals surface area contributed by atoms with Crippen molar-refractivity contribution in [3.63, 3.8) is 0 Å². The van der Waals surface area contributed by atoms with Gasteiger partial charge in [-0.3, -0.25) is 4.21 Å². The fraction of sp³-hybridized carbons (Fsp3) is 0.250. The Balaban J connectivity index is 2.13. The van der Waals surface area contributed by atoms with Gasteiger partial charge < -0.3 is 5.73 Å². The molecular weight excluding hydrogens is 273 g/mol. The van der Waals surface area contributed by atoms with Crippen molar-refractivity contribution < 1.29 is 8.60 Å². The molecule has 2 aromatic carbocycles. The first-order chi connectivity index (χ1) is 9.45. The predicted molar refractivity (Wildman–Crippen MR) is 82.3 cm³/mol. The van der Waals surface area contributed by atoms with E-state index in [1.165, 1.54) is 6.07 Å². The number of nitrogen functional groups attached to an aromatic ring is 1. The lowest BCUT2D eigenvalue weighted by atomic mass is 10.1. The van der Waals surface area contributed by atoms with Gasteiger partial charge in [0.15, 0.2) is 0 Å². The molecule has 0 spiro atoms. The molecule has 20 heavy (non-hydrogen) atoms. The van der Waals surface area contributed by atoms with Crippen LogP contribution in [0.4, 0.5) is 10.1 Å². The molecule has 1 unspecified atom stereocenters. The monoisotopic (exact) mass is 291 g/mol. The van der Waals surface area contributed by atoms with E-state index in [1.807, 2.05) is 26.0 Å². The molecule has 0 saturated carbocycles. The Kier molecular flexibility index (Phi) is 4.55. The minimum absolute atomic E-state index is 0.144. The van der Waals surface area contributed by atoms with Crippen LogP contribution in [-0.2, 0) is 22.3 Å². The highest BCUT2D eigenvalue weighted by Gasteiger charge is 2.11. The Hall–Kier alpha value is -1.68. The molecule has 2 aromatic rings. The van der Waals surface area contributed by atoms with Crippen LogP contribution in [0.25, 0.3) is 0 Å². The van der Waals surface area contributed by atoms with E-state index in [2.05, 4.69) is 6.07 Å². The van der Waals surface area contributed by atoms with E-state index in [0.29, 0.717) is 17.0 Å². The van der Waals surface area contributed by atoms with E-state index in [-0.39, 0.29) is 5.75 Å². The van der Waals surface area contributed by atoms with Crippen molar-refractivity contribution >= 4 is 16.5 Å². The summed E-state index contributed by atoms with van der Waals surface area (Å²) in [4.78, 5) is 0. The molecule has 2 N–H and O–H groups in total. The van der Waals surface area contributed by atoms with E-state index < -0.39 is 16.6 Å². The summed E-state index contributed by atoms with van der Waals surface area (Å²) in [5.41, 5.74) is 9.73. The molecule has 2 rings (SSSR count). The summed E-state index contributed by atoms with van der Waals surface area (Å²) in [6.07, 6.45) is 0. The van der Waals surface area contributed by atoms with Crippen molar-refractivity contribution in [2.75, 3.05) is 5.73 Å². The molecular formula is C16H18FNOS. The number of anilines is 1. The largest absolute Gasteiger partial charge is 0.398 e. The zero-order valence-electron chi connectivity index (χ0n) is 11.7. The van der Waals surface area contributed by atoms with E-state index in [0.717, 1.165) is 16.7 Å². The Morgan fingerprint density at radius 2 is 1.75 bits per heavy atom. The molecule has 2 nitrogen and oxygen atoms in total. The zero-order valence-corrected chi connectivity index (χ0v) is 12.5. The van der Waals surface area contributed by atoms with Crippen LogP contribution in [0.15, 0.2) is 36.4 Å². The Bertz CT molecular complexity index is 614. The summed E-state index contributed by atoms with van der Waals surface area (Å²) in [5.74, 6) is 0.167. The average molecular weight is 291 g/mol. The summed E-state index contributed by atoms with van der Waals surface area (Å²) >= 11 is 0. The minimum atomic E-state index is -1.18. The van der Waals surface area contributed by atoms with E-state index in [4.69, 9.17) is 5.73 Å². The second-order valence-electron chi connectivity index (χ2n) is 5.03. The molecule has 106 valence electrons. The topological polar surface area (TPSA) is 43.1 Å². The maximum absolute atomic E-state index is 13.7. The van der Waals surface area contributed by atoms with Gasteiger partial charge in [0.25, 0.3) is 0 Å². The van der Waals surface area contributed by atoms with E-state index >= 15 is 0 Å². The molecule has 0 fully saturated rings. The first-order valence-corrected chi connectivity index (χ1v) is 7.89. The van der Waals surface area contributed by atoms with Crippen LogP contribution in [0.3, 0.4) is 0 Å². The standard InChI is InChI=1S/C16H18FNOS/c1-11-6-12(2)8-13(7-11)9-20(19)10-14-15(17)4-3-5-16(14)18/h3-8H,9-10,18H2,1-2H3. The molecule has 0 aliphatic heterocycles. The van der Waals surface area contributed by atoms with Gasteiger partial charge >= 0.3 is 0 Å². The van der Waals surface area contributed by atoms with Gasteiger partial charge in [0, 0.05) is 27.8 Å². The van der Waals surface area contributed by atoms with Crippen LogP contribution < -0.4 is 5.73 Å². The van der Waals surface area contributed by atoms with Crippen LogP contribution in [0.5, 0.6) is 0 Å². The van der Waals surface area contributed by atoms with Gasteiger partial charge in [-0.25, -0.2) is 4.39 Å². The highest BCUT2D eigenvalue weighted by atomic mass is 32.2. The normalized spacial score (nSPS) is 12.3. The lowest BCUT2D eigenvalue weighted by Crippen LogP contribution is -2.05. The molecule has 4 heteroatoms. The van der Waals surface area contributed by atoms with Crippen molar-refractivity contribution in [3.05, 3.63) is 64.5 Å². The molecule has 0 bridgehead atoms. The van der Waals surface area contributed by atoms with Gasteiger partial charge in [-0.15, -0.1) is 0 Å². The first kappa shape index (κ1) is 14.7. The van der Waals surface area contributed by atoms with Crippen LogP contribution in [0.1, 0.15) is 22.3 Å². The third-order valence-electron chi connectivity index (χ3n) is 3.07. The summed E-state index contributed by atoms with van der Waals surface area (Å²) < 4.78 is 25.9. The van der Waals surface area contributed by atoms with Crippen LogP contribution in [0.2, 0.25) is 0 Å². The quantitative estimate of drug-likeness (QED) is 0.876. The van der Waals surface area contributed by atoms with Gasteiger partial charge in [0.1, 0.15) is 5.82 Å². The number of hydrogen-bond donors (Lipinski definition) is 1. The molecule has 0 radical (unpaired) electrons. The number of halogens is 1. The molecule has 0 heterocycles. The van der Waals surface area contributed by atoms with Crippen molar-refractivity contribution in [1.82, 2.24) is 0 Å². The highest BCUT2D eigenvalue weighted by molar-refractivity contribution is 7.83. The Morgan fingerprint density at radius 3 is 2.35 bits per heavy atom. The van der Waals surface area contributed by atoms with E-state index in [9.17, 15) is 8.60 Å². The molecule has 0 saturated heterocycles. The number of rotatable bonds is 4. The van der Waals surface area contributed by atoms with Gasteiger partial charge in [-0.1, -0.05) is 35.4 Å². The van der Waals surface area contributed by atoms with Crippen LogP contribution in [-0.4, -0.2) is 4.21 Å². The summed E-state index contributed by atoms with van der Waals surface area (Å²) in [6, 6.07) is 10.6. The van der Waals surface area contributed by atoms with Crippen molar-refractivity contribution in [3.8, 4) is 0 Å². The van der Waals surface area contributed by atoms with Crippen LogP contribution in [0, 0.1) is 19.7 Å². The van der Waals surface area contributed by atoms with Crippen LogP contribution >= 0.6 is 0 Å². The molecule has 0 aromatic heterocycles. The Labute approximate surface area is 121 Å². The third kappa shape index (κ3) is 3.67. The fourth-order valence-electron chi connectivity index (χ4n) is 2.28. The zero-order chi connectivity index (χ0) is 14.7. The predicted octanol–water partition coefficient (Wildman–Crippen LogP) is 3.47. The lowest BCUT2D eigenvalue weighted by Gasteiger charge is -2.08. The second-order valence-corrected chi connectivity index (χ2v) is 6.49. The number of benzene rings is 2. The molecule has 0 amide bonds. The van der Waals surface area contributed by atoms with Gasteiger partial charge in [0.05, 0.1) is 5.75 Å². The smallest absolute Gasteiger partial charge is 0.129 e. The molecule has 0 aliphatic carbocycles. The van der Waals surface area contributed by atoms with Gasteiger partial charge in [-0.2, -0.15) is 0 Å². The summed E-state index contributed by atoms with van der Waals surface area (Å²) in [7, 11) is -1.18. The Morgan fingerprint density at radius 1 is 1.10 bits per heavy atom. The number of nitrogens with two attached hydrogens (primary N) is 1. The SMILES string of the molecule is Cc1cc(C)cc(CS(=O)Cc2c(N)cccc2F)c1. The molecule has 1 atom stereocenters. The fourth-order valence-corrected chi connectivity index (χ4v) is 3.54. The average Bonchev–Trinajstić information content (AvgIpc) is 2.32. The van der Waals surface area contributed by atoms with Crippen molar-refractivity contribution in [2.45, 2.75) is 25.4 Å². The van der Waals surface area contributed by atoms with Gasteiger partial charge in [-0.05, 0) is 31.5 Å². The lowest BCUT2D eigenvalue weighted by molar-refractivity contribution is 0.616. The highest BCUT2D eigenvalue weighted by Crippen LogP contribution is 2.19. The molecule has 0 aliphatic rings. The summed E-state index contributed by atoms with van der Waals surface area (Å²) in [6.45, 7) is 4.02. The second kappa shape index (κ2) is 6.18. The van der Waals surface area contributed by atoms with Crippen molar-refractivity contribution in [1.29, 1.82) is 0 Å². The van der Waals surface area contributed by atoms with Gasteiger partial charge in [0.2, 0.25) is 0 Å². The maximum Gasteiger partial charge on any atom is 0.129 e. The maximum atomic E-state index is 13.7. The summed E-state index contributed by atoms with van der Waals surface area (Å²) in [5, 5.41) is 0. The first-order valence-electron chi connectivity index (χ1n) is 6.40. The number of hydrogen-bond acceptors (Lipinski definition) is 2. The minimum Gasteiger partial charge on any atom is -0.398 e. The van der Waals surface area contributed by atoms with Crippen molar-refractivity contribution in [2.24, 2.45) is 0 Å². The number of aryl methyl sites for hydroxylation is 2. The van der Waals surface area contributed by atoms with E-state index in [1.54, 1.807) is 12.1 Å².